The minimum absolute atomic E-state index is 0.0272. The summed E-state index contributed by atoms with van der Waals surface area (Å²) in [6, 6.07) is 12.5. The highest BCUT2D eigenvalue weighted by atomic mass is 19.4. The van der Waals surface area contributed by atoms with Gasteiger partial charge < -0.3 is 14.2 Å². The number of benzene rings is 3. The molecule has 41 heavy (non-hydrogen) atoms. The van der Waals surface area contributed by atoms with Gasteiger partial charge in [0, 0.05) is 41.9 Å². The first-order valence-corrected chi connectivity index (χ1v) is 13.1. The second kappa shape index (κ2) is 10.2. The minimum Gasteiger partial charge on any atom is -0.492 e. The van der Waals surface area contributed by atoms with Gasteiger partial charge in [-0.3, -0.25) is 9.48 Å². The molecule has 0 spiro atoms. The van der Waals surface area contributed by atoms with E-state index in [-0.39, 0.29) is 35.9 Å². The van der Waals surface area contributed by atoms with E-state index in [0.29, 0.717) is 41.7 Å². The van der Waals surface area contributed by atoms with Crippen LogP contribution in [0.15, 0.2) is 60.9 Å². The molecule has 4 aromatic rings. The topological polar surface area (TPSA) is 62.6 Å². The van der Waals surface area contributed by atoms with E-state index in [2.05, 4.69) is 5.10 Å². The third kappa shape index (κ3) is 5.03. The van der Waals surface area contributed by atoms with Gasteiger partial charge in [-0.1, -0.05) is 30.3 Å². The number of halogens is 4. The Bertz CT molecular complexity index is 1630. The Morgan fingerprint density at radius 2 is 1.85 bits per heavy atom. The molecule has 0 saturated carbocycles. The van der Waals surface area contributed by atoms with E-state index in [4.69, 9.17) is 14.2 Å². The summed E-state index contributed by atoms with van der Waals surface area (Å²) in [5.41, 5.74) is 2.23. The molecule has 212 valence electrons. The molecule has 0 N–H and O–H groups in total. The summed E-state index contributed by atoms with van der Waals surface area (Å²) in [6.07, 6.45) is -1.30. The van der Waals surface area contributed by atoms with Gasteiger partial charge in [0.15, 0.2) is 0 Å². The Balaban J connectivity index is 1.33. The van der Waals surface area contributed by atoms with Crippen molar-refractivity contribution in [1.82, 2.24) is 9.78 Å². The first kappa shape index (κ1) is 26.9. The van der Waals surface area contributed by atoms with Gasteiger partial charge in [0.2, 0.25) is 0 Å². The molecule has 0 radical (unpaired) electrons. The highest BCUT2D eigenvalue weighted by Gasteiger charge is 2.40. The Hall–Kier alpha value is -4.34. The van der Waals surface area contributed by atoms with Gasteiger partial charge in [0.25, 0.3) is 0 Å². The molecule has 3 aromatic carbocycles. The molecule has 2 aliphatic rings. The number of carbonyl (C=O) groups is 1. The van der Waals surface area contributed by atoms with Crippen LogP contribution in [0.1, 0.15) is 47.1 Å². The molecule has 2 atom stereocenters. The van der Waals surface area contributed by atoms with Crippen LogP contribution in [-0.4, -0.2) is 29.5 Å². The normalized spacial score (nSPS) is 17.6. The molecule has 0 bridgehead atoms. The standard InChI is InChI=1S/C31H26F4N2O4/c1-37-15-20(14-36-37)17-3-5-18(6-4-17)29-23-9-10-26(30(23)25(32)13-24(29)31(33,34)35)41-21-7-8-22-19(11-28(38)39-2)16-40-27(22)12-21/h3-8,12-15,19,26H,9-11,16H2,1-2H3/t19-,26-/m1/s1. The largest absolute Gasteiger partial charge is 0.492 e. The SMILES string of the molecule is COC(=O)C[C@@H]1COc2cc(O[C@@H]3CCc4c(-c5ccc(-c6cnn(C)c6)cc5)c(C(F)(F)F)cc(F)c43)ccc21. The molecule has 1 aromatic heterocycles. The third-order valence-corrected chi connectivity index (χ3v) is 7.70. The van der Waals surface area contributed by atoms with E-state index in [1.165, 1.54) is 7.11 Å². The van der Waals surface area contributed by atoms with Crippen LogP contribution < -0.4 is 9.47 Å². The van der Waals surface area contributed by atoms with Gasteiger partial charge in [-0.05, 0) is 47.2 Å². The number of hydrogen-bond donors (Lipinski definition) is 0. The van der Waals surface area contributed by atoms with Gasteiger partial charge in [-0.15, -0.1) is 0 Å². The summed E-state index contributed by atoms with van der Waals surface area (Å²) in [5, 5.41) is 4.14. The predicted molar refractivity (Wildman–Crippen MR) is 142 cm³/mol. The number of fused-ring (bicyclic) bond motifs is 2. The van der Waals surface area contributed by atoms with Gasteiger partial charge in [0.1, 0.15) is 23.4 Å². The van der Waals surface area contributed by atoms with Crippen molar-refractivity contribution < 1.29 is 36.6 Å². The van der Waals surface area contributed by atoms with E-state index >= 15 is 4.39 Å². The van der Waals surface area contributed by atoms with Crippen molar-refractivity contribution in [2.75, 3.05) is 13.7 Å². The van der Waals surface area contributed by atoms with Crippen molar-refractivity contribution in [3.05, 3.63) is 89.0 Å². The van der Waals surface area contributed by atoms with Crippen LogP contribution in [0.2, 0.25) is 0 Å². The maximum absolute atomic E-state index is 15.4. The number of esters is 1. The van der Waals surface area contributed by atoms with E-state index in [9.17, 15) is 18.0 Å². The van der Waals surface area contributed by atoms with Crippen molar-refractivity contribution in [2.24, 2.45) is 7.05 Å². The summed E-state index contributed by atoms with van der Waals surface area (Å²) in [4.78, 5) is 11.7. The van der Waals surface area contributed by atoms with Gasteiger partial charge in [-0.2, -0.15) is 18.3 Å². The number of ether oxygens (including phenoxy) is 3. The number of carbonyl (C=O) groups excluding carboxylic acids is 1. The molecule has 6 rings (SSSR count). The first-order chi connectivity index (χ1) is 19.6. The molecule has 1 aliphatic carbocycles. The quantitative estimate of drug-likeness (QED) is 0.186. The smallest absolute Gasteiger partial charge is 0.417 e. The Labute approximate surface area is 233 Å². The molecule has 1 aliphatic heterocycles. The molecular weight excluding hydrogens is 540 g/mol. The van der Waals surface area contributed by atoms with Crippen LogP contribution in [0.5, 0.6) is 11.5 Å². The van der Waals surface area contributed by atoms with Crippen LogP contribution >= 0.6 is 0 Å². The lowest BCUT2D eigenvalue weighted by Gasteiger charge is -2.21. The number of methoxy groups -OCH3 is 1. The van der Waals surface area contributed by atoms with Crippen molar-refractivity contribution in [1.29, 1.82) is 0 Å². The maximum atomic E-state index is 15.4. The number of rotatable bonds is 6. The average Bonchev–Trinajstić information content (AvgIpc) is 3.67. The molecule has 0 fully saturated rings. The number of nitrogens with zero attached hydrogens (tertiary/aromatic N) is 2. The molecule has 0 amide bonds. The van der Waals surface area contributed by atoms with E-state index in [1.807, 2.05) is 6.20 Å². The molecule has 0 saturated heterocycles. The van der Waals surface area contributed by atoms with Crippen molar-refractivity contribution in [3.63, 3.8) is 0 Å². The zero-order valence-corrected chi connectivity index (χ0v) is 22.3. The van der Waals surface area contributed by atoms with Crippen LogP contribution in [0.25, 0.3) is 22.3 Å². The van der Waals surface area contributed by atoms with Crippen molar-refractivity contribution in [3.8, 4) is 33.8 Å². The molecule has 0 unspecified atom stereocenters. The lowest BCUT2D eigenvalue weighted by atomic mass is 9.90. The lowest BCUT2D eigenvalue weighted by molar-refractivity contribution is -0.141. The van der Waals surface area contributed by atoms with Crippen molar-refractivity contribution in [2.45, 2.75) is 37.5 Å². The van der Waals surface area contributed by atoms with Crippen LogP contribution in [-0.2, 0) is 29.2 Å². The van der Waals surface area contributed by atoms with Gasteiger partial charge in [0.05, 0.1) is 31.9 Å². The number of aryl methyl sites for hydroxylation is 1. The number of hydrogen-bond acceptors (Lipinski definition) is 5. The molecule has 6 nitrogen and oxygen atoms in total. The zero-order valence-electron chi connectivity index (χ0n) is 22.3. The Morgan fingerprint density at radius 3 is 2.54 bits per heavy atom. The second-order valence-corrected chi connectivity index (χ2v) is 10.3. The molecule has 10 heteroatoms. The first-order valence-electron chi connectivity index (χ1n) is 13.1. The average molecular weight is 567 g/mol. The molecular formula is C31H26F4N2O4. The zero-order chi connectivity index (χ0) is 28.9. The Kier molecular flexibility index (Phi) is 6.71. The summed E-state index contributed by atoms with van der Waals surface area (Å²) in [7, 11) is 3.11. The lowest BCUT2D eigenvalue weighted by Crippen LogP contribution is -2.12. The van der Waals surface area contributed by atoms with Crippen LogP contribution in [0, 0.1) is 5.82 Å². The van der Waals surface area contributed by atoms with Crippen LogP contribution in [0.4, 0.5) is 17.6 Å². The number of alkyl halides is 3. The van der Waals surface area contributed by atoms with E-state index in [0.717, 1.165) is 16.7 Å². The fourth-order valence-electron chi connectivity index (χ4n) is 5.76. The summed E-state index contributed by atoms with van der Waals surface area (Å²) >= 11 is 0. The fraction of sp³-hybridized carbons (Fsp3) is 0.290. The van der Waals surface area contributed by atoms with Gasteiger partial charge in [-0.25, -0.2) is 4.39 Å². The predicted octanol–water partition coefficient (Wildman–Crippen LogP) is 7.02. The van der Waals surface area contributed by atoms with E-state index in [1.54, 1.807) is 60.4 Å². The summed E-state index contributed by atoms with van der Waals surface area (Å²) in [5.74, 6) is -0.477. The van der Waals surface area contributed by atoms with Gasteiger partial charge >= 0.3 is 12.1 Å². The minimum atomic E-state index is -4.75. The number of aromatic nitrogens is 2. The highest BCUT2D eigenvalue weighted by Crippen LogP contribution is 2.48. The Morgan fingerprint density at radius 1 is 1.10 bits per heavy atom. The maximum Gasteiger partial charge on any atom is 0.417 e. The van der Waals surface area contributed by atoms with Crippen LogP contribution in [0.3, 0.4) is 0 Å². The highest BCUT2D eigenvalue weighted by molar-refractivity contribution is 5.77. The fourth-order valence-corrected chi connectivity index (χ4v) is 5.76. The summed E-state index contributed by atoms with van der Waals surface area (Å²) < 4.78 is 76.2. The van der Waals surface area contributed by atoms with E-state index < -0.39 is 23.7 Å². The second-order valence-electron chi connectivity index (χ2n) is 10.3. The monoisotopic (exact) mass is 566 g/mol. The third-order valence-electron chi connectivity index (χ3n) is 7.70. The summed E-state index contributed by atoms with van der Waals surface area (Å²) in [6.45, 7) is 0.317. The van der Waals surface area contributed by atoms with Crippen molar-refractivity contribution >= 4 is 5.97 Å². The molecule has 2 heterocycles.